The van der Waals surface area contributed by atoms with Gasteiger partial charge in [0.2, 0.25) is 5.91 Å². The maximum absolute atomic E-state index is 11.8. The normalized spacial score (nSPS) is 23.9. The number of carbonyl (C=O) groups is 1. The monoisotopic (exact) mass is 265 g/mol. The molecule has 2 atom stereocenters. The van der Waals surface area contributed by atoms with E-state index in [4.69, 9.17) is 5.73 Å². The van der Waals surface area contributed by atoms with Gasteiger partial charge in [-0.25, -0.2) is 0 Å². The molecule has 18 heavy (non-hydrogen) atoms. The van der Waals surface area contributed by atoms with Crippen LogP contribution < -0.4 is 5.73 Å². The van der Waals surface area contributed by atoms with E-state index in [-0.39, 0.29) is 10.9 Å². The molecule has 0 fully saturated rings. The van der Waals surface area contributed by atoms with Crippen LogP contribution in [0.5, 0.6) is 0 Å². The maximum Gasteiger partial charge on any atom is 0.220 e. The van der Waals surface area contributed by atoms with E-state index in [9.17, 15) is 4.79 Å². The van der Waals surface area contributed by atoms with Gasteiger partial charge in [0.1, 0.15) is 0 Å². The summed E-state index contributed by atoms with van der Waals surface area (Å²) in [5.74, 6) is 0.343. The molecule has 0 aromatic carbocycles. The van der Waals surface area contributed by atoms with Gasteiger partial charge in [0.05, 0.1) is 0 Å². The Labute approximate surface area is 113 Å². The van der Waals surface area contributed by atoms with Crippen LogP contribution in [-0.2, 0) is 4.79 Å². The van der Waals surface area contributed by atoms with Crippen molar-refractivity contribution in [2.75, 3.05) is 0 Å². The quantitative estimate of drug-likeness (QED) is 0.778. The average molecular weight is 265 g/mol. The standard InChI is InChI=1S/C15H27NOSi/c1-9-10(2)12(4)13(11(9)3)8-15(5,14(16)17)18(6)7/h11,18H,8H2,1-7H3,(H2,16,17). The predicted octanol–water partition coefficient (Wildman–Crippen LogP) is 3.41. The number of hydrogen-bond acceptors (Lipinski definition) is 1. The van der Waals surface area contributed by atoms with Crippen LogP contribution in [0.2, 0.25) is 18.1 Å². The lowest BCUT2D eigenvalue weighted by molar-refractivity contribution is -0.120. The molecule has 1 rings (SSSR count). The van der Waals surface area contributed by atoms with Crippen LogP contribution in [0.25, 0.3) is 0 Å². The summed E-state index contributed by atoms with van der Waals surface area (Å²) in [5, 5.41) is -0.310. The van der Waals surface area contributed by atoms with E-state index in [1.165, 1.54) is 22.3 Å². The first kappa shape index (κ1) is 15.2. The summed E-state index contributed by atoms with van der Waals surface area (Å²) in [6, 6.07) is 0. The summed E-state index contributed by atoms with van der Waals surface area (Å²) in [5.41, 5.74) is 11.3. The molecule has 2 nitrogen and oxygen atoms in total. The molecule has 2 N–H and O–H groups in total. The third kappa shape index (κ3) is 2.33. The minimum absolute atomic E-state index is 0.126. The topological polar surface area (TPSA) is 43.1 Å². The molecule has 1 amide bonds. The highest BCUT2D eigenvalue weighted by Gasteiger charge is 2.38. The molecule has 0 aromatic heterocycles. The van der Waals surface area contributed by atoms with E-state index in [0.29, 0.717) is 5.92 Å². The highest BCUT2D eigenvalue weighted by Crippen LogP contribution is 2.46. The molecule has 0 spiro atoms. The van der Waals surface area contributed by atoms with Crippen molar-refractivity contribution in [2.45, 2.75) is 59.2 Å². The van der Waals surface area contributed by atoms with Gasteiger partial charge in [0.15, 0.2) is 0 Å². The molecule has 1 aliphatic carbocycles. The van der Waals surface area contributed by atoms with Crippen molar-refractivity contribution >= 4 is 14.7 Å². The molecule has 0 heterocycles. The Hall–Kier alpha value is -0.833. The number of rotatable bonds is 4. The number of amides is 1. The largest absolute Gasteiger partial charge is 0.369 e. The van der Waals surface area contributed by atoms with Crippen molar-refractivity contribution in [3.8, 4) is 0 Å². The second-order valence-corrected chi connectivity index (χ2v) is 9.88. The lowest BCUT2D eigenvalue weighted by Gasteiger charge is -2.32. The molecular formula is C15H27NOSi. The Morgan fingerprint density at radius 3 is 2.06 bits per heavy atom. The van der Waals surface area contributed by atoms with Crippen molar-refractivity contribution < 1.29 is 4.79 Å². The van der Waals surface area contributed by atoms with Gasteiger partial charge in [-0.2, -0.15) is 0 Å². The summed E-state index contributed by atoms with van der Waals surface area (Å²) < 4.78 is 0. The molecule has 0 radical (unpaired) electrons. The molecule has 102 valence electrons. The Morgan fingerprint density at radius 1 is 1.28 bits per heavy atom. The first-order valence-electron chi connectivity index (χ1n) is 6.80. The minimum Gasteiger partial charge on any atom is -0.369 e. The summed E-state index contributed by atoms with van der Waals surface area (Å²) in [7, 11) is -1.14. The summed E-state index contributed by atoms with van der Waals surface area (Å²) in [6.07, 6.45) is 0.841. The molecule has 0 aliphatic heterocycles. The average Bonchev–Trinajstić information content (AvgIpc) is 2.46. The fourth-order valence-corrected chi connectivity index (χ4v) is 3.90. The third-order valence-electron chi connectivity index (χ3n) is 5.20. The van der Waals surface area contributed by atoms with E-state index >= 15 is 0 Å². The molecule has 0 aromatic rings. The molecule has 3 heteroatoms. The van der Waals surface area contributed by atoms with E-state index in [1.54, 1.807) is 0 Å². The van der Waals surface area contributed by atoms with Gasteiger partial charge in [-0.3, -0.25) is 4.79 Å². The molecule has 2 unspecified atom stereocenters. The van der Waals surface area contributed by atoms with Gasteiger partial charge in [0, 0.05) is 13.8 Å². The van der Waals surface area contributed by atoms with Crippen LogP contribution in [0.15, 0.2) is 22.3 Å². The van der Waals surface area contributed by atoms with E-state index in [2.05, 4.69) is 47.7 Å². The van der Waals surface area contributed by atoms with Crippen LogP contribution in [0.1, 0.15) is 41.0 Å². The first-order chi connectivity index (χ1) is 8.12. The number of allylic oxidation sites excluding steroid dienone is 4. The minimum atomic E-state index is -1.14. The van der Waals surface area contributed by atoms with Gasteiger partial charge in [-0.05, 0) is 44.3 Å². The summed E-state index contributed by atoms with van der Waals surface area (Å²) in [4.78, 5) is 11.8. The Kier molecular flexibility index (Phi) is 4.26. The second-order valence-electron chi connectivity index (χ2n) is 6.29. The fourth-order valence-electron chi connectivity index (χ4n) is 2.70. The zero-order valence-electron chi connectivity index (χ0n) is 12.8. The maximum atomic E-state index is 11.8. The molecule has 0 saturated heterocycles. The number of primary amides is 1. The zero-order chi connectivity index (χ0) is 14.2. The van der Waals surface area contributed by atoms with E-state index < -0.39 is 8.80 Å². The lowest BCUT2D eigenvalue weighted by atomic mass is 9.89. The van der Waals surface area contributed by atoms with Crippen molar-refractivity contribution in [3.05, 3.63) is 22.3 Å². The molecule has 0 bridgehead atoms. The van der Waals surface area contributed by atoms with Crippen LogP contribution in [0.3, 0.4) is 0 Å². The van der Waals surface area contributed by atoms with Crippen molar-refractivity contribution in [1.29, 1.82) is 0 Å². The van der Waals surface area contributed by atoms with Crippen molar-refractivity contribution in [3.63, 3.8) is 0 Å². The third-order valence-corrected chi connectivity index (χ3v) is 8.24. The van der Waals surface area contributed by atoms with E-state index in [0.717, 1.165) is 6.42 Å². The molecule has 0 saturated carbocycles. The fraction of sp³-hybridized carbons (Fsp3) is 0.667. The predicted molar refractivity (Wildman–Crippen MR) is 81.3 cm³/mol. The molecule has 1 aliphatic rings. The van der Waals surface area contributed by atoms with Gasteiger partial charge in [-0.1, -0.05) is 38.1 Å². The summed E-state index contributed by atoms with van der Waals surface area (Å²) in [6.45, 7) is 15.3. The van der Waals surface area contributed by atoms with Crippen LogP contribution >= 0.6 is 0 Å². The Morgan fingerprint density at radius 2 is 1.78 bits per heavy atom. The van der Waals surface area contributed by atoms with Gasteiger partial charge in [0.25, 0.3) is 0 Å². The number of carbonyl (C=O) groups excluding carboxylic acids is 1. The zero-order valence-corrected chi connectivity index (χ0v) is 14.0. The van der Waals surface area contributed by atoms with Crippen molar-refractivity contribution in [1.82, 2.24) is 0 Å². The van der Waals surface area contributed by atoms with E-state index in [1.807, 2.05) is 0 Å². The highest BCUT2D eigenvalue weighted by atomic mass is 28.3. The lowest BCUT2D eigenvalue weighted by Crippen LogP contribution is -2.38. The Bertz CT molecular complexity index is 434. The SMILES string of the molecule is CC1=C(C)C(C)C(CC(C)(C(N)=O)[SiH](C)C)=C1C. The van der Waals surface area contributed by atoms with Crippen LogP contribution in [-0.4, -0.2) is 14.7 Å². The first-order valence-corrected chi connectivity index (χ1v) is 9.68. The molecular weight excluding hydrogens is 238 g/mol. The van der Waals surface area contributed by atoms with Crippen LogP contribution in [0, 0.1) is 5.92 Å². The number of nitrogens with two attached hydrogens (primary N) is 1. The van der Waals surface area contributed by atoms with Crippen LogP contribution in [0.4, 0.5) is 0 Å². The van der Waals surface area contributed by atoms with Gasteiger partial charge >= 0.3 is 0 Å². The second kappa shape index (κ2) is 5.04. The Balaban J connectivity index is 3.10. The van der Waals surface area contributed by atoms with Crippen molar-refractivity contribution in [2.24, 2.45) is 11.7 Å². The summed E-state index contributed by atoms with van der Waals surface area (Å²) >= 11 is 0. The van der Waals surface area contributed by atoms with Gasteiger partial charge in [-0.15, -0.1) is 0 Å². The smallest absolute Gasteiger partial charge is 0.220 e. The van der Waals surface area contributed by atoms with Gasteiger partial charge < -0.3 is 5.73 Å². The number of hydrogen-bond donors (Lipinski definition) is 1. The highest BCUT2D eigenvalue weighted by molar-refractivity contribution is 6.64.